The summed E-state index contributed by atoms with van der Waals surface area (Å²) in [6, 6.07) is 0. The van der Waals surface area contributed by atoms with E-state index in [1.165, 1.54) is 0 Å². The van der Waals surface area contributed by atoms with Gasteiger partial charge in [-0.05, 0) is 78.3 Å². The maximum atomic E-state index is 11.9. The molecule has 2 amide bonds. The van der Waals surface area contributed by atoms with Crippen LogP contribution in [0, 0.1) is 0 Å². The second-order valence-electron chi connectivity index (χ2n) is 8.29. The van der Waals surface area contributed by atoms with Gasteiger partial charge in [0.15, 0.2) is 0 Å². The predicted octanol–water partition coefficient (Wildman–Crippen LogP) is 3.97. The Bertz CT molecular complexity index is 490. The zero-order chi connectivity index (χ0) is 22.6. The standard InChI is InChI=1S/C25H45N3O3/c1-3-5-7-9-11-15-24(29)26-17-13-19-28(21-23-22-31-23)20-14-18-27-25(30)16-12-10-8-6-4-2/h3-6,23H,7-22H2,1-2H3,(H,26,29)(H,27,30)/b5-3+,6-4+. The number of carbonyl (C=O) groups excluding carboxylic acids is 2. The maximum absolute atomic E-state index is 11.9. The number of ether oxygens (including phenoxy) is 1. The average molecular weight is 436 g/mol. The van der Waals surface area contributed by atoms with Crippen molar-refractivity contribution in [2.24, 2.45) is 0 Å². The quantitative estimate of drug-likeness (QED) is 0.172. The number of unbranched alkanes of at least 4 members (excludes halogenated alkanes) is 4. The van der Waals surface area contributed by atoms with Gasteiger partial charge in [0.05, 0.1) is 12.7 Å². The number of rotatable bonds is 20. The van der Waals surface area contributed by atoms with Gasteiger partial charge in [0, 0.05) is 32.5 Å². The number of epoxide rings is 1. The van der Waals surface area contributed by atoms with E-state index in [4.69, 9.17) is 4.74 Å². The van der Waals surface area contributed by atoms with Gasteiger partial charge in [-0.3, -0.25) is 9.59 Å². The van der Waals surface area contributed by atoms with Gasteiger partial charge in [0.25, 0.3) is 0 Å². The molecule has 1 fully saturated rings. The number of hydrogen-bond acceptors (Lipinski definition) is 4. The molecule has 1 unspecified atom stereocenters. The first-order valence-corrected chi connectivity index (χ1v) is 12.2. The highest BCUT2D eigenvalue weighted by Crippen LogP contribution is 2.11. The SMILES string of the molecule is C/C=C/CCCCC(=O)NCCCN(CCCNC(=O)CCCC/C=C/C)CC1CO1. The first kappa shape index (κ1) is 27.4. The van der Waals surface area contributed by atoms with Crippen molar-refractivity contribution in [1.82, 2.24) is 15.5 Å². The summed E-state index contributed by atoms with van der Waals surface area (Å²) in [4.78, 5) is 26.2. The lowest BCUT2D eigenvalue weighted by Crippen LogP contribution is -2.34. The van der Waals surface area contributed by atoms with E-state index in [1.807, 2.05) is 13.8 Å². The minimum atomic E-state index is 0.158. The van der Waals surface area contributed by atoms with Crippen LogP contribution in [0.4, 0.5) is 0 Å². The van der Waals surface area contributed by atoms with E-state index in [1.54, 1.807) is 0 Å². The van der Waals surface area contributed by atoms with Crippen molar-refractivity contribution < 1.29 is 14.3 Å². The van der Waals surface area contributed by atoms with Crippen LogP contribution in [0.3, 0.4) is 0 Å². The largest absolute Gasteiger partial charge is 0.372 e. The summed E-state index contributed by atoms with van der Waals surface area (Å²) in [6.07, 6.45) is 18.0. The van der Waals surface area contributed by atoms with Crippen LogP contribution in [-0.4, -0.2) is 62.1 Å². The smallest absolute Gasteiger partial charge is 0.219 e. The molecule has 6 heteroatoms. The molecule has 0 bridgehead atoms. The lowest BCUT2D eigenvalue weighted by molar-refractivity contribution is -0.122. The summed E-state index contributed by atoms with van der Waals surface area (Å²) in [7, 11) is 0. The Morgan fingerprint density at radius 2 is 1.32 bits per heavy atom. The molecule has 178 valence electrons. The van der Waals surface area contributed by atoms with Crippen molar-refractivity contribution in [2.75, 3.05) is 39.3 Å². The molecule has 2 N–H and O–H groups in total. The van der Waals surface area contributed by atoms with Crippen LogP contribution >= 0.6 is 0 Å². The van der Waals surface area contributed by atoms with Crippen molar-refractivity contribution >= 4 is 11.8 Å². The van der Waals surface area contributed by atoms with E-state index in [0.717, 1.165) is 90.7 Å². The molecule has 1 aliphatic rings. The highest BCUT2D eigenvalue weighted by molar-refractivity contribution is 5.76. The molecule has 0 spiro atoms. The molecular weight excluding hydrogens is 390 g/mol. The third-order valence-electron chi connectivity index (χ3n) is 5.33. The Hall–Kier alpha value is -1.66. The molecule has 1 aliphatic heterocycles. The highest BCUT2D eigenvalue weighted by Gasteiger charge is 2.25. The monoisotopic (exact) mass is 435 g/mol. The highest BCUT2D eigenvalue weighted by atomic mass is 16.6. The minimum Gasteiger partial charge on any atom is -0.372 e. The number of amides is 2. The molecule has 1 atom stereocenters. The molecule has 0 aromatic rings. The van der Waals surface area contributed by atoms with Crippen LogP contribution in [0.25, 0.3) is 0 Å². The van der Waals surface area contributed by atoms with Crippen LogP contribution in [0.5, 0.6) is 0 Å². The molecule has 31 heavy (non-hydrogen) atoms. The molecular formula is C25H45N3O3. The number of hydrogen-bond donors (Lipinski definition) is 2. The van der Waals surface area contributed by atoms with Gasteiger partial charge in [-0.2, -0.15) is 0 Å². The number of allylic oxidation sites excluding steroid dienone is 4. The molecule has 1 heterocycles. The summed E-state index contributed by atoms with van der Waals surface area (Å²) in [5.74, 6) is 0.317. The van der Waals surface area contributed by atoms with Gasteiger partial charge < -0.3 is 20.3 Å². The fourth-order valence-corrected chi connectivity index (χ4v) is 3.42. The zero-order valence-corrected chi connectivity index (χ0v) is 19.9. The molecule has 0 aliphatic carbocycles. The van der Waals surface area contributed by atoms with Gasteiger partial charge >= 0.3 is 0 Å². The molecule has 0 radical (unpaired) electrons. The van der Waals surface area contributed by atoms with Gasteiger partial charge in [-0.1, -0.05) is 24.3 Å². The van der Waals surface area contributed by atoms with E-state index in [0.29, 0.717) is 18.9 Å². The van der Waals surface area contributed by atoms with E-state index < -0.39 is 0 Å². The Morgan fingerprint density at radius 1 is 0.839 bits per heavy atom. The van der Waals surface area contributed by atoms with E-state index in [2.05, 4.69) is 39.8 Å². The third-order valence-corrected chi connectivity index (χ3v) is 5.33. The molecule has 6 nitrogen and oxygen atoms in total. The summed E-state index contributed by atoms with van der Waals surface area (Å²) in [6.45, 7) is 9.17. The lowest BCUT2D eigenvalue weighted by Gasteiger charge is -2.21. The van der Waals surface area contributed by atoms with Crippen LogP contribution in [-0.2, 0) is 14.3 Å². The number of nitrogens with one attached hydrogen (secondary N) is 2. The van der Waals surface area contributed by atoms with Crippen molar-refractivity contribution in [1.29, 1.82) is 0 Å². The maximum Gasteiger partial charge on any atom is 0.219 e. The topological polar surface area (TPSA) is 74.0 Å². The van der Waals surface area contributed by atoms with Crippen molar-refractivity contribution in [2.45, 2.75) is 84.2 Å². The molecule has 1 rings (SSSR count). The van der Waals surface area contributed by atoms with E-state index >= 15 is 0 Å². The molecule has 0 aromatic carbocycles. The predicted molar refractivity (Wildman–Crippen MR) is 128 cm³/mol. The van der Waals surface area contributed by atoms with Gasteiger partial charge in [0.2, 0.25) is 11.8 Å². The summed E-state index contributed by atoms with van der Waals surface area (Å²) >= 11 is 0. The van der Waals surface area contributed by atoms with Gasteiger partial charge in [0.1, 0.15) is 0 Å². The van der Waals surface area contributed by atoms with E-state index in [-0.39, 0.29) is 11.8 Å². The number of nitrogens with zero attached hydrogens (tertiary/aromatic N) is 1. The van der Waals surface area contributed by atoms with Gasteiger partial charge in [-0.15, -0.1) is 0 Å². The Morgan fingerprint density at radius 3 is 1.74 bits per heavy atom. The zero-order valence-electron chi connectivity index (χ0n) is 19.9. The molecule has 0 saturated carbocycles. The number of carbonyl (C=O) groups is 2. The fraction of sp³-hybridized carbons (Fsp3) is 0.760. The Balaban J connectivity index is 2.07. The molecule has 1 saturated heterocycles. The first-order chi connectivity index (χ1) is 15.2. The van der Waals surface area contributed by atoms with Crippen molar-refractivity contribution in [3.05, 3.63) is 24.3 Å². The second kappa shape index (κ2) is 19.1. The van der Waals surface area contributed by atoms with Gasteiger partial charge in [-0.25, -0.2) is 0 Å². The van der Waals surface area contributed by atoms with Crippen molar-refractivity contribution in [3.8, 4) is 0 Å². The Kier molecular flexibility index (Phi) is 16.8. The molecule has 0 aromatic heterocycles. The summed E-state index contributed by atoms with van der Waals surface area (Å²) in [5.41, 5.74) is 0. The lowest BCUT2D eigenvalue weighted by atomic mass is 10.2. The van der Waals surface area contributed by atoms with Crippen LogP contribution in [0.1, 0.15) is 78.1 Å². The van der Waals surface area contributed by atoms with Crippen molar-refractivity contribution in [3.63, 3.8) is 0 Å². The first-order valence-electron chi connectivity index (χ1n) is 12.2. The Labute approximate surface area is 189 Å². The normalized spacial score (nSPS) is 15.8. The second-order valence-corrected chi connectivity index (χ2v) is 8.29. The average Bonchev–Trinajstić information content (AvgIpc) is 3.57. The fourth-order valence-electron chi connectivity index (χ4n) is 3.42. The minimum absolute atomic E-state index is 0.158. The van der Waals surface area contributed by atoms with Crippen LogP contribution in [0.2, 0.25) is 0 Å². The van der Waals surface area contributed by atoms with Crippen LogP contribution in [0.15, 0.2) is 24.3 Å². The summed E-state index contributed by atoms with van der Waals surface area (Å²) < 4.78 is 5.38. The third kappa shape index (κ3) is 17.7. The van der Waals surface area contributed by atoms with Crippen LogP contribution < -0.4 is 10.6 Å². The van der Waals surface area contributed by atoms with E-state index in [9.17, 15) is 9.59 Å². The summed E-state index contributed by atoms with van der Waals surface area (Å²) in [5, 5.41) is 6.07.